The first-order chi connectivity index (χ1) is 8.27. The number of ether oxygens (including phenoxy) is 1. The maximum atomic E-state index is 12.6. The highest BCUT2D eigenvalue weighted by Crippen LogP contribution is 2.27. The van der Waals surface area contributed by atoms with Crippen molar-refractivity contribution < 1.29 is 9.53 Å². The Morgan fingerprint density at radius 1 is 1.28 bits per heavy atom. The molecule has 0 bridgehead atoms. The highest BCUT2D eigenvalue weighted by molar-refractivity contribution is 6.01. The fourth-order valence-electron chi connectivity index (χ4n) is 2.03. The Hall–Kier alpha value is -1.15. The molecule has 1 atom stereocenters. The number of Topliss-reactive ketones (excluding diaryl/α,β-unsaturated/α-hetero) is 1. The largest absolute Gasteiger partial charge is 0.370 e. The van der Waals surface area contributed by atoms with Gasteiger partial charge in [-0.25, -0.2) is 0 Å². The smallest absolute Gasteiger partial charge is 0.192 e. The van der Waals surface area contributed by atoms with Crippen molar-refractivity contribution in [1.29, 1.82) is 0 Å². The molecule has 2 nitrogen and oxygen atoms in total. The zero-order chi connectivity index (χ0) is 13.9. The van der Waals surface area contributed by atoms with Crippen molar-refractivity contribution >= 4 is 5.78 Å². The fraction of sp³-hybridized carbons (Fsp3) is 0.562. The van der Waals surface area contributed by atoms with Crippen molar-refractivity contribution in [3.63, 3.8) is 0 Å². The molecule has 1 unspecified atom stereocenters. The van der Waals surface area contributed by atoms with Crippen LogP contribution in [0.1, 0.15) is 49.2 Å². The van der Waals surface area contributed by atoms with Gasteiger partial charge in [-0.05, 0) is 37.8 Å². The van der Waals surface area contributed by atoms with E-state index in [-0.39, 0.29) is 17.3 Å². The average Bonchev–Trinajstić information content (AvgIpc) is 2.27. The molecule has 0 saturated carbocycles. The van der Waals surface area contributed by atoms with E-state index < -0.39 is 0 Å². The molecular weight excluding hydrogens is 224 g/mol. The van der Waals surface area contributed by atoms with Crippen LogP contribution in [-0.2, 0) is 4.74 Å². The predicted molar refractivity (Wildman–Crippen MR) is 75.1 cm³/mol. The number of ketones is 1. The zero-order valence-electron chi connectivity index (χ0n) is 12.3. The summed E-state index contributed by atoms with van der Waals surface area (Å²) in [6, 6.07) is 5.97. The molecule has 1 aromatic rings. The summed E-state index contributed by atoms with van der Waals surface area (Å²) in [5, 5.41) is 0. The first-order valence-corrected chi connectivity index (χ1v) is 6.50. The standard InChI is InChI=1S/C16H24O2/c1-7-18-15(16(4,5)6)14(17)13-10-11(2)8-9-12(13)3/h8-10,15H,7H2,1-6H3. The van der Waals surface area contributed by atoms with Crippen molar-refractivity contribution in [1.82, 2.24) is 0 Å². The van der Waals surface area contributed by atoms with E-state index >= 15 is 0 Å². The van der Waals surface area contributed by atoms with E-state index in [1.54, 1.807) is 0 Å². The molecule has 2 heteroatoms. The molecule has 0 aliphatic heterocycles. The van der Waals surface area contributed by atoms with Gasteiger partial charge in [-0.15, -0.1) is 0 Å². The molecular formula is C16H24O2. The van der Waals surface area contributed by atoms with Crippen molar-refractivity contribution in [3.05, 3.63) is 34.9 Å². The molecule has 0 aromatic heterocycles. The molecule has 0 radical (unpaired) electrons. The fourth-order valence-corrected chi connectivity index (χ4v) is 2.03. The number of benzene rings is 1. The van der Waals surface area contributed by atoms with E-state index in [1.807, 2.05) is 59.7 Å². The second-order valence-electron chi connectivity index (χ2n) is 5.88. The monoisotopic (exact) mass is 248 g/mol. The Morgan fingerprint density at radius 3 is 2.39 bits per heavy atom. The van der Waals surface area contributed by atoms with Crippen LogP contribution in [0.5, 0.6) is 0 Å². The third kappa shape index (κ3) is 3.42. The van der Waals surface area contributed by atoms with Gasteiger partial charge < -0.3 is 4.74 Å². The SMILES string of the molecule is CCOC(C(=O)c1cc(C)ccc1C)C(C)(C)C. The van der Waals surface area contributed by atoms with Gasteiger partial charge in [0.25, 0.3) is 0 Å². The van der Waals surface area contributed by atoms with Crippen LogP contribution in [0.3, 0.4) is 0 Å². The van der Waals surface area contributed by atoms with Crippen LogP contribution in [0.2, 0.25) is 0 Å². The molecule has 0 aliphatic carbocycles. The molecule has 0 amide bonds. The highest BCUT2D eigenvalue weighted by atomic mass is 16.5. The summed E-state index contributed by atoms with van der Waals surface area (Å²) in [4.78, 5) is 12.6. The molecule has 1 aromatic carbocycles. The summed E-state index contributed by atoms with van der Waals surface area (Å²) in [5.41, 5.74) is 2.71. The van der Waals surface area contributed by atoms with Crippen LogP contribution in [0.25, 0.3) is 0 Å². The van der Waals surface area contributed by atoms with E-state index in [0.29, 0.717) is 6.61 Å². The summed E-state index contributed by atoms with van der Waals surface area (Å²) in [7, 11) is 0. The number of hydrogen-bond acceptors (Lipinski definition) is 2. The summed E-state index contributed by atoms with van der Waals surface area (Å²) >= 11 is 0. The first kappa shape index (κ1) is 14.9. The second-order valence-corrected chi connectivity index (χ2v) is 5.88. The molecule has 0 saturated heterocycles. The Labute approximate surface area is 110 Å². The van der Waals surface area contributed by atoms with Gasteiger partial charge in [-0.1, -0.05) is 38.5 Å². The van der Waals surface area contributed by atoms with Crippen molar-refractivity contribution in [3.8, 4) is 0 Å². The van der Waals surface area contributed by atoms with Gasteiger partial charge in [0.05, 0.1) is 0 Å². The lowest BCUT2D eigenvalue weighted by Crippen LogP contribution is -2.37. The number of rotatable bonds is 4. The Kier molecular flexibility index (Phi) is 4.69. The van der Waals surface area contributed by atoms with E-state index in [2.05, 4.69) is 0 Å². The molecule has 0 fully saturated rings. The lowest BCUT2D eigenvalue weighted by atomic mass is 9.83. The maximum absolute atomic E-state index is 12.6. The number of carbonyl (C=O) groups excluding carboxylic acids is 1. The minimum atomic E-state index is -0.386. The quantitative estimate of drug-likeness (QED) is 0.754. The Balaban J connectivity index is 3.13. The third-order valence-corrected chi connectivity index (χ3v) is 3.02. The average molecular weight is 248 g/mol. The van der Waals surface area contributed by atoms with Crippen molar-refractivity contribution in [2.75, 3.05) is 6.61 Å². The Bertz CT molecular complexity index is 427. The number of carbonyl (C=O) groups is 1. The van der Waals surface area contributed by atoms with Gasteiger partial charge in [0.15, 0.2) is 5.78 Å². The van der Waals surface area contributed by atoms with E-state index in [9.17, 15) is 4.79 Å². The van der Waals surface area contributed by atoms with Gasteiger partial charge in [-0.2, -0.15) is 0 Å². The molecule has 0 aliphatic rings. The normalized spacial score (nSPS) is 13.4. The van der Waals surface area contributed by atoms with Crippen molar-refractivity contribution in [2.45, 2.75) is 47.6 Å². The molecule has 0 spiro atoms. The van der Waals surface area contributed by atoms with Gasteiger partial charge in [0.1, 0.15) is 6.10 Å². The summed E-state index contributed by atoms with van der Waals surface area (Å²) in [6.45, 7) is 12.6. The second kappa shape index (κ2) is 5.66. The van der Waals surface area contributed by atoms with E-state index in [4.69, 9.17) is 4.74 Å². The number of hydrogen-bond donors (Lipinski definition) is 0. The number of aryl methyl sites for hydroxylation is 2. The van der Waals surface area contributed by atoms with E-state index in [1.165, 1.54) is 0 Å². The van der Waals surface area contributed by atoms with Gasteiger partial charge >= 0.3 is 0 Å². The molecule has 1 rings (SSSR count). The first-order valence-electron chi connectivity index (χ1n) is 6.50. The van der Waals surface area contributed by atoms with Crippen LogP contribution in [0.4, 0.5) is 0 Å². The van der Waals surface area contributed by atoms with E-state index in [0.717, 1.165) is 16.7 Å². The van der Waals surface area contributed by atoms with Gasteiger partial charge in [-0.3, -0.25) is 4.79 Å². The Morgan fingerprint density at radius 2 is 1.89 bits per heavy atom. The van der Waals surface area contributed by atoms with Crippen LogP contribution in [0, 0.1) is 19.3 Å². The highest BCUT2D eigenvalue weighted by Gasteiger charge is 2.33. The lowest BCUT2D eigenvalue weighted by Gasteiger charge is -2.29. The van der Waals surface area contributed by atoms with Gasteiger partial charge in [0.2, 0.25) is 0 Å². The molecule has 0 N–H and O–H groups in total. The topological polar surface area (TPSA) is 26.3 Å². The molecule has 100 valence electrons. The van der Waals surface area contributed by atoms with Crippen LogP contribution in [0.15, 0.2) is 18.2 Å². The molecule has 0 heterocycles. The molecule has 18 heavy (non-hydrogen) atoms. The van der Waals surface area contributed by atoms with Gasteiger partial charge in [0, 0.05) is 12.2 Å². The summed E-state index contributed by atoms with van der Waals surface area (Å²) < 4.78 is 5.67. The minimum Gasteiger partial charge on any atom is -0.370 e. The lowest BCUT2D eigenvalue weighted by molar-refractivity contribution is -0.000268. The summed E-state index contributed by atoms with van der Waals surface area (Å²) in [6.07, 6.45) is -0.386. The maximum Gasteiger partial charge on any atom is 0.192 e. The predicted octanol–water partition coefficient (Wildman–Crippen LogP) is 3.94. The minimum absolute atomic E-state index is 0.0885. The van der Waals surface area contributed by atoms with Crippen LogP contribution < -0.4 is 0 Å². The van der Waals surface area contributed by atoms with Crippen molar-refractivity contribution in [2.24, 2.45) is 5.41 Å². The third-order valence-electron chi connectivity index (χ3n) is 3.02. The summed E-state index contributed by atoms with van der Waals surface area (Å²) in [5.74, 6) is 0.0885. The van der Waals surface area contributed by atoms with Crippen LogP contribution >= 0.6 is 0 Å². The zero-order valence-corrected chi connectivity index (χ0v) is 12.3. The van der Waals surface area contributed by atoms with Crippen LogP contribution in [-0.4, -0.2) is 18.5 Å².